The van der Waals surface area contributed by atoms with Gasteiger partial charge in [-0.05, 0) is 36.8 Å². The predicted octanol–water partition coefficient (Wildman–Crippen LogP) is 4.01. The van der Waals surface area contributed by atoms with Crippen molar-refractivity contribution < 1.29 is 9.59 Å². The number of aromatic nitrogens is 3. The van der Waals surface area contributed by atoms with Crippen LogP contribution in [0, 0.1) is 0 Å². The van der Waals surface area contributed by atoms with Crippen LogP contribution in [0.25, 0.3) is 6.08 Å². The second-order valence-corrected chi connectivity index (χ2v) is 7.77. The number of hydrogen-bond donors (Lipinski definition) is 2. The summed E-state index contributed by atoms with van der Waals surface area (Å²) in [6.45, 7) is 2.81. The summed E-state index contributed by atoms with van der Waals surface area (Å²) in [5.74, 6) is 0.441. The molecule has 1 heterocycles. The molecular weight excluding hydrogens is 434 g/mol. The topological polar surface area (TPSA) is 88.9 Å². The van der Waals surface area contributed by atoms with E-state index in [-0.39, 0.29) is 24.1 Å². The number of nitrogens with zero attached hydrogens (tertiary/aromatic N) is 3. The van der Waals surface area contributed by atoms with Gasteiger partial charge in [0.15, 0.2) is 11.0 Å². The number of carbonyl (C=O) groups excluding carboxylic acids is 2. The Morgan fingerprint density at radius 3 is 2.58 bits per heavy atom. The second-order valence-electron chi connectivity index (χ2n) is 6.42. The van der Waals surface area contributed by atoms with Crippen molar-refractivity contribution in [2.45, 2.75) is 25.2 Å². The molecule has 0 saturated heterocycles. The molecule has 0 saturated carbocycles. The molecule has 1 aromatic heterocycles. The molecule has 31 heavy (non-hydrogen) atoms. The highest BCUT2D eigenvalue weighted by Gasteiger charge is 2.13. The number of para-hydroxylation sites is 1. The molecule has 0 aliphatic rings. The van der Waals surface area contributed by atoms with E-state index in [1.165, 1.54) is 17.8 Å². The molecule has 2 N–H and O–H groups in total. The number of amides is 2. The van der Waals surface area contributed by atoms with Gasteiger partial charge >= 0.3 is 0 Å². The summed E-state index contributed by atoms with van der Waals surface area (Å²) < 4.78 is 1.87. The van der Waals surface area contributed by atoms with Gasteiger partial charge in [0.25, 0.3) is 0 Å². The van der Waals surface area contributed by atoms with Crippen LogP contribution in [0.15, 0.2) is 65.8 Å². The van der Waals surface area contributed by atoms with Gasteiger partial charge in [0.2, 0.25) is 11.8 Å². The molecule has 2 amide bonds. The fourth-order valence-corrected chi connectivity index (χ4v) is 3.74. The minimum Gasteiger partial charge on any atom is -0.345 e. The Morgan fingerprint density at radius 1 is 1.10 bits per heavy atom. The molecule has 9 heteroatoms. The van der Waals surface area contributed by atoms with Crippen molar-refractivity contribution >= 4 is 46.9 Å². The highest BCUT2D eigenvalue weighted by atomic mass is 35.5. The number of thioether (sulfide) groups is 1. The Balaban J connectivity index is 1.53. The van der Waals surface area contributed by atoms with E-state index < -0.39 is 0 Å². The lowest BCUT2D eigenvalue weighted by Gasteiger charge is -2.08. The Hall–Kier alpha value is -3.10. The van der Waals surface area contributed by atoms with Crippen LogP contribution in [0.5, 0.6) is 0 Å². The summed E-state index contributed by atoms with van der Waals surface area (Å²) in [5, 5.41) is 15.1. The monoisotopic (exact) mass is 455 g/mol. The zero-order chi connectivity index (χ0) is 22.1. The minimum atomic E-state index is -0.262. The number of hydrogen-bond acceptors (Lipinski definition) is 5. The smallest absolute Gasteiger partial charge is 0.244 e. The van der Waals surface area contributed by atoms with Gasteiger partial charge in [-0.1, -0.05) is 59.8 Å². The number of halogens is 1. The number of rotatable bonds is 9. The van der Waals surface area contributed by atoms with Crippen LogP contribution in [0.2, 0.25) is 5.02 Å². The van der Waals surface area contributed by atoms with Crippen molar-refractivity contribution in [2.75, 3.05) is 11.1 Å². The van der Waals surface area contributed by atoms with Gasteiger partial charge in [-0.2, -0.15) is 0 Å². The van der Waals surface area contributed by atoms with Gasteiger partial charge in [-0.3, -0.25) is 9.59 Å². The Labute approximate surface area is 189 Å². The molecule has 0 atom stereocenters. The highest BCUT2D eigenvalue weighted by Crippen LogP contribution is 2.18. The summed E-state index contributed by atoms with van der Waals surface area (Å²) in [6.07, 6.45) is 3.09. The molecule has 0 spiro atoms. The summed E-state index contributed by atoms with van der Waals surface area (Å²) in [4.78, 5) is 24.3. The van der Waals surface area contributed by atoms with E-state index >= 15 is 0 Å². The summed E-state index contributed by atoms with van der Waals surface area (Å²) in [5.41, 5.74) is 1.52. The van der Waals surface area contributed by atoms with Crippen LogP contribution < -0.4 is 10.6 Å². The lowest BCUT2D eigenvalue weighted by Crippen LogP contribution is -2.22. The van der Waals surface area contributed by atoms with Gasteiger partial charge in [-0.25, -0.2) is 0 Å². The third-order valence-corrected chi connectivity index (χ3v) is 5.55. The lowest BCUT2D eigenvalue weighted by molar-refractivity contribution is -0.116. The van der Waals surface area contributed by atoms with Gasteiger partial charge in [0, 0.05) is 23.3 Å². The van der Waals surface area contributed by atoms with E-state index in [0.29, 0.717) is 22.5 Å². The van der Waals surface area contributed by atoms with E-state index in [2.05, 4.69) is 20.8 Å². The SMILES string of the molecule is CCn1c(CNC(=O)/C=C/c2ccccc2Cl)nnc1SCC(=O)Nc1ccccc1. The lowest BCUT2D eigenvalue weighted by atomic mass is 10.2. The van der Waals surface area contributed by atoms with Crippen LogP contribution in [-0.2, 0) is 22.7 Å². The predicted molar refractivity (Wildman–Crippen MR) is 124 cm³/mol. The van der Waals surface area contributed by atoms with Crippen LogP contribution in [0.1, 0.15) is 18.3 Å². The number of anilines is 1. The Morgan fingerprint density at radius 2 is 1.84 bits per heavy atom. The third kappa shape index (κ3) is 6.70. The molecule has 0 aliphatic carbocycles. The van der Waals surface area contributed by atoms with Crippen molar-refractivity contribution in [3.8, 4) is 0 Å². The number of nitrogens with one attached hydrogen (secondary N) is 2. The van der Waals surface area contributed by atoms with Crippen molar-refractivity contribution in [3.63, 3.8) is 0 Å². The summed E-state index contributed by atoms with van der Waals surface area (Å²) in [7, 11) is 0. The normalized spacial score (nSPS) is 10.9. The Kier molecular flexibility index (Phi) is 8.26. The molecule has 3 aromatic rings. The zero-order valence-corrected chi connectivity index (χ0v) is 18.5. The maximum atomic E-state index is 12.2. The van der Waals surface area contributed by atoms with Crippen molar-refractivity contribution in [3.05, 3.63) is 77.1 Å². The fraction of sp³-hybridized carbons (Fsp3) is 0.182. The molecule has 0 unspecified atom stereocenters. The van der Waals surface area contributed by atoms with Crippen LogP contribution in [0.4, 0.5) is 5.69 Å². The zero-order valence-electron chi connectivity index (χ0n) is 16.9. The van der Waals surface area contributed by atoms with Crippen LogP contribution in [0.3, 0.4) is 0 Å². The second kappa shape index (κ2) is 11.3. The molecular formula is C22H22ClN5O2S. The Bertz CT molecular complexity index is 1070. The molecule has 0 aliphatic heterocycles. The number of benzene rings is 2. The van der Waals surface area contributed by atoms with Crippen LogP contribution >= 0.6 is 23.4 Å². The van der Waals surface area contributed by atoms with E-state index in [1.807, 2.05) is 60.0 Å². The maximum absolute atomic E-state index is 12.2. The van der Waals surface area contributed by atoms with E-state index in [0.717, 1.165) is 11.3 Å². The molecule has 0 fully saturated rings. The number of carbonyl (C=O) groups is 2. The molecule has 0 radical (unpaired) electrons. The highest BCUT2D eigenvalue weighted by molar-refractivity contribution is 7.99. The minimum absolute atomic E-state index is 0.124. The van der Waals surface area contributed by atoms with Crippen molar-refractivity contribution in [2.24, 2.45) is 0 Å². The van der Waals surface area contributed by atoms with Gasteiger partial charge in [-0.15, -0.1) is 10.2 Å². The average molecular weight is 456 g/mol. The molecule has 160 valence electrons. The summed E-state index contributed by atoms with van der Waals surface area (Å²) >= 11 is 7.38. The fourth-order valence-electron chi connectivity index (χ4n) is 2.72. The molecule has 7 nitrogen and oxygen atoms in total. The average Bonchev–Trinajstić information content (AvgIpc) is 3.18. The first-order valence-electron chi connectivity index (χ1n) is 9.67. The van der Waals surface area contributed by atoms with Crippen LogP contribution in [-0.4, -0.2) is 32.3 Å². The quantitative estimate of drug-likeness (QED) is 0.376. The van der Waals surface area contributed by atoms with Crippen molar-refractivity contribution in [1.29, 1.82) is 0 Å². The molecule has 2 aromatic carbocycles. The van der Waals surface area contributed by atoms with Gasteiger partial charge in [0.05, 0.1) is 12.3 Å². The standard InChI is InChI=1S/C22H22ClN5O2S/c1-2-28-19(14-24-20(29)13-12-16-8-6-7-11-18(16)23)26-27-22(28)31-15-21(30)25-17-9-4-3-5-10-17/h3-13H,2,14-15H2,1H3,(H,24,29)(H,25,30)/b13-12+. The first-order valence-corrected chi connectivity index (χ1v) is 11.0. The van der Waals surface area contributed by atoms with E-state index in [4.69, 9.17) is 11.6 Å². The van der Waals surface area contributed by atoms with E-state index in [9.17, 15) is 9.59 Å². The third-order valence-electron chi connectivity index (χ3n) is 4.24. The van der Waals surface area contributed by atoms with Gasteiger partial charge in [0.1, 0.15) is 0 Å². The first kappa shape index (κ1) is 22.6. The van der Waals surface area contributed by atoms with Gasteiger partial charge < -0.3 is 15.2 Å². The molecule has 3 rings (SSSR count). The summed E-state index contributed by atoms with van der Waals surface area (Å²) in [6, 6.07) is 16.6. The van der Waals surface area contributed by atoms with Crippen molar-refractivity contribution in [1.82, 2.24) is 20.1 Å². The molecule has 0 bridgehead atoms. The first-order chi connectivity index (χ1) is 15.1. The maximum Gasteiger partial charge on any atom is 0.244 e. The largest absolute Gasteiger partial charge is 0.345 e. The van der Waals surface area contributed by atoms with E-state index in [1.54, 1.807) is 12.1 Å².